The lowest BCUT2D eigenvalue weighted by Gasteiger charge is -2.26. The Morgan fingerprint density at radius 1 is 0.897 bits per heavy atom. The fourth-order valence-electron chi connectivity index (χ4n) is 4.65. The Hall–Kier alpha value is -3.04. The van der Waals surface area contributed by atoms with Gasteiger partial charge in [0.15, 0.2) is 0 Å². The van der Waals surface area contributed by atoms with E-state index in [4.69, 9.17) is 11.6 Å². The molecule has 0 saturated heterocycles. The van der Waals surface area contributed by atoms with Crippen LogP contribution in [0, 0.1) is 0 Å². The summed E-state index contributed by atoms with van der Waals surface area (Å²) in [5.41, 5.74) is 6.43. The second kappa shape index (κ2) is 7.09. The van der Waals surface area contributed by atoms with Crippen molar-refractivity contribution in [1.29, 1.82) is 0 Å². The molecule has 5 rings (SSSR count). The molecule has 0 unspecified atom stereocenters. The molecule has 144 valence electrons. The van der Waals surface area contributed by atoms with Gasteiger partial charge in [-0.15, -0.1) is 11.6 Å². The zero-order valence-corrected chi connectivity index (χ0v) is 16.9. The highest BCUT2D eigenvalue weighted by Gasteiger charge is 2.40. The quantitative estimate of drug-likeness (QED) is 0.407. The number of hydrogen-bond acceptors (Lipinski definition) is 1. The van der Waals surface area contributed by atoms with Crippen LogP contribution in [0.25, 0.3) is 22.2 Å². The first-order chi connectivity index (χ1) is 14.2. The minimum atomic E-state index is -0.154. The van der Waals surface area contributed by atoms with Crippen LogP contribution in [0.3, 0.4) is 0 Å². The largest absolute Gasteiger partial charge is 0.343 e. The first-order valence-electron chi connectivity index (χ1n) is 9.81. The average Bonchev–Trinajstić information content (AvgIpc) is 3.21. The number of carbonyl (C=O) groups excluding carboxylic acids is 1. The number of halogens is 1. The molecule has 1 atom stereocenters. The first kappa shape index (κ1) is 18.0. The summed E-state index contributed by atoms with van der Waals surface area (Å²) in [4.78, 5) is 15.1. The van der Waals surface area contributed by atoms with E-state index >= 15 is 0 Å². The monoisotopic (exact) mass is 400 g/mol. The SMILES string of the molecule is Cn1c(-c2ccccc2)c([C@@H]2c3ccccc3C(=O)N2CCCl)c2ccccc21. The number of fused-ring (bicyclic) bond motifs is 2. The predicted octanol–water partition coefficient (Wildman–Crippen LogP) is 5.63. The van der Waals surface area contributed by atoms with Crippen molar-refractivity contribution in [3.63, 3.8) is 0 Å². The Morgan fingerprint density at radius 2 is 1.59 bits per heavy atom. The molecular weight excluding hydrogens is 380 g/mol. The molecule has 1 aromatic heterocycles. The molecule has 1 amide bonds. The Balaban J connectivity index is 1.86. The van der Waals surface area contributed by atoms with Gasteiger partial charge in [-0.25, -0.2) is 0 Å². The van der Waals surface area contributed by atoms with Gasteiger partial charge in [0.2, 0.25) is 0 Å². The highest BCUT2D eigenvalue weighted by molar-refractivity contribution is 6.18. The van der Waals surface area contributed by atoms with Crippen LogP contribution in [0.2, 0.25) is 0 Å². The van der Waals surface area contributed by atoms with Crippen LogP contribution in [0.15, 0.2) is 78.9 Å². The second-order valence-electron chi connectivity index (χ2n) is 7.38. The van der Waals surface area contributed by atoms with Crippen LogP contribution in [0.5, 0.6) is 0 Å². The fraction of sp³-hybridized carbons (Fsp3) is 0.160. The molecule has 0 aliphatic carbocycles. The van der Waals surface area contributed by atoms with Crippen LogP contribution in [-0.4, -0.2) is 27.8 Å². The number of rotatable bonds is 4. The summed E-state index contributed by atoms with van der Waals surface area (Å²) >= 11 is 6.12. The molecular formula is C25H21ClN2O. The average molecular weight is 401 g/mol. The molecule has 3 aromatic carbocycles. The number of para-hydroxylation sites is 1. The summed E-state index contributed by atoms with van der Waals surface area (Å²) in [6.45, 7) is 0.511. The van der Waals surface area contributed by atoms with Crippen molar-refractivity contribution in [3.8, 4) is 11.3 Å². The van der Waals surface area contributed by atoms with E-state index in [-0.39, 0.29) is 11.9 Å². The number of benzene rings is 3. The van der Waals surface area contributed by atoms with Gasteiger partial charge in [-0.3, -0.25) is 4.79 Å². The lowest BCUT2D eigenvalue weighted by molar-refractivity contribution is 0.0762. The van der Waals surface area contributed by atoms with E-state index in [1.807, 2.05) is 29.2 Å². The maximum absolute atomic E-state index is 13.2. The summed E-state index contributed by atoms with van der Waals surface area (Å²) in [5.74, 6) is 0.458. The van der Waals surface area contributed by atoms with E-state index in [9.17, 15) is 4.79 Å². The van der Waals surface area contributed by atoms with Gasteiger partial charge in [-0.2, -0.15) is 0 Å². The number of aryl methyl sites for hydroxylation is 1. The molecule has 0 bridgehead atoms. The Kier molecular flexibility index (Phi) is 4.40. The van der Waals surface area contributed by atoms with Gasteiger partial charge in [-0.05, 0) is 23.3 Å². The maximum atomic E-state index is 13.2. The van der Waals surface area contributed by atoms with Crippen molar-refractivity contribution < 1.29 is 4.79 Å². The third-order valence-corrected chi connectivity index (χ3v) is 6.02. The molecule has 4 aromatic rings. The van der Waals surface area contributed by atoms with Gasteiger partial charge in [0.25, 0.3) is 5.91 Å². The van der Waals surface area contributed by atoms with E-state index in [0.717, 1.165) is 33.5 Å². The smallest absolute Gasteiger partial charge is 0.255 e. The molecule has 4 heteroatoms. The predicted molar refractivity (Wildman–Crippen MR) is 118 cm³/mol. The van der Waals surface area contributed by atoms with Crippen molar-refractivity contribution in [2.45, 2.75) is 6.04 Å². The highest BCUT2D eigenvalue weighted by Crippen LogP contribution is 2.46. The minimum Gasteiger partial charge on any atom is -0.343 e. The maximum Gasteiger partial charge on any atom is 0.255 e. The zero-order valence-electron chi connectivity index (χ0n) is 16.2. The van der Waals surface area contributed by atoms with Gasteiger partial charge < -0.3 is 9.47 Å². The van der Waals surface area contributed by atoms with Crippen molar-refractivity contribution in [1.82, 2.24) is 9.47 Å². The van der Waals surface area contributed by atoms with E-state index in [0.29, 0.717) is 12.4 Å². The second-order valence-corrected chi connectivity index (χ2v) is 7.76. The van der Waals surface area contributed by atoms with E-state index in [1.54, 1.807) is 0 Å². The van der Waals surface area contributed by atoms with Crippen LogP contribution in [-0.2, 0) is 7.05 Å². The molecule has 29 heavy (non-hydrogen) atoms. The number of hydrogen-bond donors (Lipinski definition) is 0. The van der Waals surface area contributed by atoms with Gasteiger partial charge in [-0.1, -0.05) is 66.7 Å². The normalized spacial score (nSPS) is 15.9. The van der Waals surface area contributed by atoms with Gasteiger partial charge in [0, 0.05) is 41.5 Å². The lowest BCUT2D eigenvalue weighted by Crippen LogP contribution is -2.30. The van der Waals surface area contributed by atoms with Crippen LogP contribution in [0.1, 0.15) is 27.5 Å². The summed E-state index contributed by atoms with van der Waals surface area (Å²) < 4.78 is 2.24. The molecule has 1 aliphatic rings. The Labute approximate surface area is 175 Å². The molecule has 0 radical (unpaired) electrons. The lowest BCUT2D eigenvalue weighted by atomic mass is 9.93. The van der Waals surface area contributed by atoms with Gasteiger partial charge in [0.05, 0.1) is 11.7 Å². The molecule has 0 fully saturated rings. The third-order valence-electron chi connectivity index (χ3n) is 5.85. The van der Waals surface area contributed by atoms with E-state index in [2.05, 4.69) is 66.2 Å². The zero-order chi connectivity index (χ0) is 20.0. The first-order valence-corrected chi connectivity index (χ1v) is 10.3. The van der Waals surface area contributed by atoms with Crippen molar-refractivity contribution in [2.75, 3.05) is 12.4 Å². The molecule has 3 nitrogen and oxygen atoms in total. The van der Waals surface area contributed by atoms with Crippen molar-refractivity contribution in [2.24, 2.45) is 7.05 Å². The summed E-state index contributed by atoms with van der Waals surface area (Å²) in [6, 6.07) is 26.6. The van der Waals surface area contributed by atoms with Crippen molar-refractivity contribution in [3.05, 3.63) is 95.6 Å². The topological polar surface area (TPSA) is 25.2 Å². The molecule has 1 aliphatic heterocycles. The van der Waals surface area contributed by atoms with Crippen molar-refractivity contribution >= 4 is 28.4 Å². The van der Waals surface area contributed by atoms with Gasteiger partial charge >= 0.3 is 0 Å². The number of nitrogens with zero attached hydrogens (tertiary/aromatic N) is 2. The Morgan fingerprint density at radius 3 is 2.38 bits per heavy atom. The van der Waals surface area contributed by atoms with E-state index < -0.39 is 0 Å². The number of alkyl halides is 1. The number of amides is 1. The molecule has 0 N–H and O–H groups in total. The molecule has 2 heterocycles. The summed E-state index contributed by atoms with van der Waals surface area (Å²) in [6.07, 6.45) is 0. The van der Waals surface area contributed by atoms with Crippen LogP contribution >= 0.6 is 11.6 Å². The van der Waals surface area contributed by atoms with E-state index in [1.165, 1.54) is 5.39 Å². The van der Waals surface area contributed by atoms with Crippen LogP contribution < -0.4 is 0 Å². The molecule has 0 spiro atoms. The fourth-order valence-corrected chi connectivity index (χ4v) is 4.83. The van der Waals surface area contributed by atoms with Gasteiger partial charge in [0.1, 0.15) is 0 Å². The highest BCUT2D eigenvalue weighted by atomic mass is 35.5. The summed E-state index contributed by atoms with van der Waals surface area (Å²) in [7, 11) is 2.10. The molecule has 0 saturated carbocycles. The number of aromatic nitrogens is 1. The minimum absolute atomic E-state index is 0.0539. The standard InChI is InChI=1S/C25H21ClN2O/c1-27-21-14-8-7-13-20(21)22(23(27)17-9-3-2-4-10-17)24-18-11-5-6-12-19(18)25(29)28(24)16-15-26/h2-14,24H,15-16H2,1H3/t24-/m0/s1. The third kappa shape index (κ3) is 2.69. The number of carbonyl (C=O) groups is 1. The summed E-state index contributed by atoms with van der Waals surface area (Å²) in [5, 5.41) is 1.17. The Bertz CT molecular complexity index is 1210. The van der Waals surface area contributed by atoms with Crippen LogP contribution in [0.4, 0.5) is 0 Å².